The molecular weight excluding hydrogens is 771 g/mol. The predicted molar refractivity (Wildman–Crippen MR) is 222 cm³/mol. The van der Waals surface area contributed by atoms with E-state index in [1.807, 2.05) is 11.0 Å². The number of rotatable bonds is 11. The van der Waals surface area contributed by atoms with Gasteiger partial charge in [0, 0.05) is 45.0 Å². The van der Waals surface area contributed by atoms with Crippen LogP contribution in [0.2, 0.25) is 0 Å². The zero-order chi connectivity index (χ0) is 42.2. The van der Waals surface area contributed by atoms with Crippen molar-refractivity contribution in [2.45, 2.75) is 88.9 Å². The van der Waals surface area contributed by atoms with Gasteiger partial charge in [0.2, 0.25) is 11.8 Å². The van der Waals surface area contributed by atoms with Crippen LogP contribution in [-0.2, 0) is 41.6 Å². The molecule has 1 unspecified atom stereocenters. The molecule has 16 heteroatoms. The van der Waals surface area contributed by atoms with Gasteiger partial charge in [-0.1, -0.05) is 18.2 Å². The number of methoxy groups -OCH3 is 4. The summed E-state index contributed by atoms with van der Waals surface area (Å²) in [6.07, 6.45) is 3.03. The molecule has 16 nitrogen and oxygen atoms in total. The fraction of sp³-hybridized carbons (Fsp3) is 0.455. The number of nitrogens with one attached hydrogen (secondary N) is 3. The van der Waals surface area contributed by atoms with Crippen molar-refractivity contribution < 1.29 is 42.9 Å². The number of aromatic amines is 1. The number of H-pyrrole nitrogens is 1. The third-order valence-corrected chi connectivity index (χ3v) is 12.4. The number of hydrogen-bond acceptors (Lipinski definition) is 11. The van der Waals surface area contributed by atoms with Crippen LogP contribution >= 0.6 is 0 Å². The van der Waals surface area contributed by atoms with E-state index in [1.54, 1.807) is 24.9 Å². The summed E-state index contributed by atoms with van der Waals surface area (Å²) in [6, 6.07) is 12.4. The third-order valence-electron chi connectivity index (χ3n) is 12.4. The zero-order valence-corrected chi connectivity index (χ0v) is 34.7. The second kappa shape index (κ2) is 16.9. The van der Waals surface area contributed by atoms with Gasteiger partial charge in [0.1, 0.15) is 30.3 Å². The summed E-state index contributed by atoms with van der Waals surface area (Å²) in [5.74, 6) is 0.999. The minimum absolute atomic E-state index is 0.196. The third kappa shape index (κ3) is 7.53. The Hall–Kier alpha value is -6.00. The summed E-state index contributed by atoms with van der Waals surface area (Å²) in [7, 11) is 5.54. The molecule has 3 aromatic carbocycles. The Morgan fingerprint density at radius 1 is 0.817 bits per heavy atom. The fourth-order valence-electron chi connectivity index (χ4n) is 9.00. The molecule has 0 bridgehead atoms. The quantitative estimate of drug-likeness (QED) is 0.172. The van der Waals surface area contributed by atoms with Gasteiger partial charge < -0.3 is 49.1 Å². The molecule has 4 aromatic rings. The van der Waals surface area contributed by atoms with E-state index in [4.69, 9.17) is 33.7 Å². The van der Waals surface area contributed by atoms with Gasteiger partial charge in [0.25, 0.3) is 0 Å². The van der Waals surface area contributed by atoms with Gasteiger partial charge in [0.05, 0.1) is 56.1 Å². The molecule has 4 aliphatic rings. The van der Waals surface area contributed by atoms with Crippen molar-refractivity contribution in [2.75, 3.05) is 41.5 Å². The van der Waals surface area contributed by atoms with Crippen LogP contribution < -0.4 is 15.4 Å². The van der Waals surface area contributed by atoms with E-state index in [9.17, 15) is 19.2 Å². The number of benzene rings is 3. The van der Waals surface area contributed by atoms with E-state index in [2.05, 4.69) is 52.0 Å². The van der Waals surface area contributed by atoms with Gasteiger partial charge in [-0.3, -0.25) is 14.6 Å². The molecule has 5 heterocycles. The van der Waals surface area contributed by atoms with E-state index >= 15 is 0 Å². The summed E-state index contributed by atoms with van der Waals surface area (Å²) in [4.78, 5) is 68.6. The standard InChI is InChI=1S/C44H51N7O9/c1-23(56-3)38(48-43(54)58-5)41(52)50-15-7-9-35(50)33-19-30-29-20-37-31(18-25(29)12-14-32(30)46-33)28-13-11-26(17-27(28)22-60-37)34-21-45-40(47-34)36-10-8-16-51(36)42(53)39(24(2)57-4)49-44(55)59-6/h11-14,17-18,20-21,23-24,35-36,38-39H,7-10,15-16,19,22H2,1-6H3,(H,45,47)(H,48,54)(H,49,55)/t23-,24-,35+,36+,38?,39+/m1/s1. The highest BCUT2D eigenvalue weighted by atomic mass is 16.5. The van der Waals surface area contributed by atoms with Crippen LogP contribution in [0.4, 0.5) is 15.3 Å². The molecule has 6 atom stereocenters. The van der Waals surface area contributed by atoms with Crippen LogP contribution in [-0.4, -0.2) is 121 Å². The minimum atomic E-state index is -0.909. The Labute approximate surface area is 347 Å². The Morgan fingerprint density at radius 2 is 1.47 bits per heavy atom. The number of carbonyl (C=O) groups excluding carboxylic acids is 4. The lowest BCUT2D eigenvalue weighted by molar-refractivity contribution is -0.138. The molecule has 0 radical (unpaired) electrons. The number of aromatic nitrogens is 2. The molecule has 8 rings (SSSR count). The van der Waals surface area contributed by atoms with Crippen LogP contribution in [0.5, 0.6) is 5.75 Å². The maximum absolute atomic E-state index is 13.9. The minimum Gasteiger partial charge on any atom is -0.488 e. The molecule has 0 spiro atoms. The van der Waals surface area contributed by atoms with Gasteiger partial charge in [-0.2, -0.15) is 0 Å². The average molecular weight is 822 g/mol. The predicted octanol–water partition coefficient (Wildman–Crippen LogP) is 5.59. The smallest absolute Gasteiger partial charge is 0.407 e. The summed E-state index contributed by atoms with van der Waals surface area (Å²) in [6.45, 7) is 4.96. The number of nitrogens with zero attached hydrogens (tertiary/aromatic N) is 4. The summed E-state index contributed by atoms with van der Waals surface area (Å²) in [5, 5.41) is 7.42. The topological polar surface area (TPSA) is 186 Å². The lowest BCUT2D eigenvalue weighted by Gasteiger charge is -2.31. The Bertz CT molecular complexity index is 2360. The highest BCUT2D eigenvalue weighted by Crippen LogP contribution is 2.45. The van der Waals surface area contributed by atoms with Gasteiger partial charge in [-0.15, -0.1) is 0 Å². The first-order valence-corrected chi connectivity index (χ1v) is 20.4. The Morgan fingerprint density at radius 3 is 2.12 bits per heavy atom. The van der Waals surface area contributed by atoms with Crippen molar-refractivity contribution in [3.63, 3.8) is 0 Å². The zero-order valence-electron chi connectivity index (χ0n) is 34.7. The van der Waals surface area contributed by atoms with Crippen molar-refractivity contribution in [3.8, 4) is 28.1 Å². The highest BCUT2D eigenvalue weighted by Gasteiger charge is 2.41. The number of amides is 4. The van der Waals surface area contributed by atoms with Crippen molar-refractivity contribution in [2.24, 2.45) is 4.99 Å². The number of alkyl carbamates (subject to hydrolysis) is 2. The number of ether oxygens (including phenoxy) is 5. The Balaban J connectivity index is 0.997. The van der Waals surface area contributed by atoms with Crippen LogP contribution in [0.25, 0.3) is 33.2 Å². The second-order valence-corrected chi connectivity index (χ2v) is 15.7. The molecule has 0 saturated carbocycles. The van der Waals surface area contributed by atoms with Crippen molar-refractivity contribution in [3.05, 3.63) is 65.6 Å². The average Bonchev–Trinajstić information content (AvgIpc) is 4.12. The monoisotopic (exact) mass is 821 g/mol. The number of fused-ring (bicyclic) bond motifs is 6. The summed E-state index contributed by atoms with van der Waals surface area (Å²) in [5.41, 5.74) is 7.81. The molecule has 4 aliphatic heterocycles. The first-order chi connectivity index (χ1) is 29.0. The van der Waals surface area contributed by atoms with Gasteiger partial charge in [0.15, 0.2) is 0 Å². The van der Waals surface area contributed by atoms with Gasteiger partial charge in [-0.25, -0.2) is 14.6 Å². The number of hydrogen-bond donors (Lipinski definition) is 3. The largest absolute Gasteiger partial charge is 0.488 e. The summed E-state index contributed by atoms with van der Waals surface area (Å²) >= 11 is 0. The second-order valence-electron chi connectivity index (χ2n) is 15.7. The molecule has 60 heavy (non-hydrogen) atoms. The SMILES string of the molecule is COC(=O)NC(C(=O)N1CCC[C@H]1C1=Nc2ccc3cc4c(cc3c2C1)OCc1cc(-c2cnc([C@@H]3CCCN3C(=O)[C@@H](NC(=O)OC)[C@@H](C)OC)[nH]2)ccc1-4)[C@@H](C)OC. The van der Waals surface area contributed by atoms with E-state index < -0.39 is 36.5 Å². The van der Waals surface area contributed by atoms with E-state index in [1.165, 1.54) is 28.4 Å². The number of imidazole rings is 1. The molecule has 4 amide bonds. The number of aliphatic imine (C=N–C) groups is 1. The molecular formula is C44H51N7O9. The van der Waals surface area contributed by atoms with Crippen molar-refractivity contribution in [1.82, 2.24) is 30.4 Å². The van der Waals surface area contributed by atoms with E-state index in [0.29, 0.717) is 31.9 Å². The number of likely N-dealkylation sites (tertiary alicyclic amines) is 2. The van der Waals surface area contributed by atoms with Crippen LogP contribution in [0.1, 0.15) is 62.5 Å². The molecule has 1 aromatic heterocycles. The molecule has 2 saturated heterocycles. The first kappa shape index (κ1) is 40.8. The van der Waals surface area contributed by atoms with Crippen molar-refractivity contribution in [1.29, 1.82) is 0 Å². The van der Waals surface area contributed by atoms with Crippen LogP contribution in [0.15, 0.2) is 53.7 Å². The molecule has 3 N–H and O–H groups in total. The van der Waals surface area contributed by atoms with E-state index in [-0.39, 0.29) is 23.9 Å². The fourth-order valence-corrected chi connectivity index (χ4v) is 9.00. The van der Waals surface area contributed by atoms with E-state index in [0.717, 1.165) is 87.1 Å². The normalized spacial score (nSPS) is 19.9. The lowest BCUT2D eigenvalue weighted by atomic mass is 9.91. The van der Waals surface area contributed by atoms with Gasteiger partial charge >= 0.3 is 12.2 Å². The van der Waals surface area contributed by atoms with Crippen molar-refractivity contribution >= 4 is 46.2 Å². The van der Waals surface area contributed by atoms with Gasteiger partial charge in [-0.05, 0) is 96.8 Å². The lowest BCUT2D eigenvalue weighted by Crippen LogP contribution is -2.56. The number of carbonyl (C=O) groups is 4. The van der Waals surface area contributed by atoms with Crippen LogP contribution in [0, 0.1) is 0 Å². The Kier molecular flexibility index (Phi) is 11.5. The van der Waals surface area contributed by atoms with Crippen LogP contribution in [0.3, 0.4) is 0 Å². The first-order valence-electron chi connectivity index (χ1n) is 20.4. The summed E-state index contributed by atoms with van der Waals surface area (Å²) < 4.78 is 26.9. The molecule has 0 aliphatic carbocycles. The highest BCUT2D eigenvalue weighted by molar-refractivity contribution is 6.06. The molecule has 2 fully saturated rings. The molecule has 316 valence electrons. The maximum atomic E-state index is 13.9. The maximum Gasteiger partial charge on any atom is 0.407 e.